The summed E-state index contributed by atoms with van der Waals surface area (Å²) in [5.74, 6) is -0.809. The minimum atomic E-state index is -3.96. The van der Waals surface area contributed by atoms with Crippen LogP contribution in [0.5, 0.6) is 0 Å². The average Bonchev–Trinajstić information content (AvgIpc) is 2.38. The minimum Gasteiger partial charge on any atom is -0.207 e. The van der Waals surface area contributed by atoms with Crippen LogP contribution < -0.4 is 0 Å². The number of piperidine rings is 1. The third-order valence-electron chi connectivity index (χ3n) is 3.08. The maximum atomic E-state index is 13.8. The van der Waals surface area contributed by atoms with Gasteiger partial charge in [-0.05, 0) is 37.5 Å². The molecule has 1 heterocycles. The maximum Gasteiger partial charge on any atom is 0.247 e. The van der Waals surface area contributed by atoms with Crippen molar-refractivity contribution in [2.24, 2.45) is 0 Å². The summed E-state index contributed by atoms with van der Waals surface area (Å²) < 4.78 is 40.2. The number of rotatable bonds is 2. The van der Waals surface area contributed by atoms with E-state index in [0.717, 1.165) is 16.8 Å². The molecule has 1 unspecified atom stereocenters. The van der Waals surface area contributed by atoms with Gasteiger partial charge in [-0.3, -0.25) is 0 Å². The molecule has 1 saturated heterocycles. The molecule has 1 fully saturated rings. The highest BCUT2D eigenvalue weighted by Crippen LogP contribution is 2.27. The lowest BCUT2D eigenvalue weighted by Crippen LogP contribution is -2.43. The van der Waals surface area contributed by atoms with Crippen LogP contribution in [-0.4, -0.2) is 25.3 Å². The van der Waals surface area contributed by atoms with Crippen LogP contribution >= 0.6 is 15.9 Å². The molecule has 1 aromatic rings. The molecule has 19 heavy (non-hydrogen) atoms. The Morgan fingerprint density at radius 3 is 2.79 bits per heavy atom. The van der Waals surface area contributed by atoms with E-state index in [4.69, 9.17) is 5.26 Å². The normalized spacial score (nSPS) is 21.0. The Hall–Kier alpha value is -0.970. The van der Waals surface area contributed by atoms with Gasteiger partial charge in [-0.25, -0.2) is 12.8 Å². The summed E-state index contributed by atoms with van der Waals surface area (Å²) in [5.41, 5.74) is 0. The summed E-state index contributed by atoms with van der Waals surface area (Å²) in [6.45, 7) is 0.260. The fourth-order valence-electron chi connectivity index (χ4n) is 2.13. The number of sulfonamides is 1. The van der Waals surface area contributed by atoms with Gasteiger partial charge in [0.1, 0.15) is 16.8 Å². The second-order valence-electron chi connectivity index (χ2n) is 4.33. The van der Waals surface area contributed by atoms with Crippen molar-refractivity contribution in [1.29, 1.82) is 5.26 Å². The number of hydrogen-bond donors (Lipinski definition) is 0. The van der Waals surface area contributed by atoms with Crippen LogP contribution in [0.25, 0.3) is 0 Å². The second kappa shape index (κ2) is 5.57. The zero-order valence-electron chi connectivity index (χ0n) is 10.0. The first kappa shape index (κ1) is 14.4. The summed E-state index contributed by atoms with van der Waals surface area (Å²) >= 11 is 3.08. The van der Waals surface area contributed by atoms with Gasteiger partial charge in [-0.2, -0.15) is 9.57 Å². The van der Waals surface area contributed by atoms with Crippen molar-refractivity contribution >= 4 is 26.0 Å². The van der Waals surface area contributed by atoms with Gasteiger partial charge in [0.25, 0.3) is 0 Å². The summed E-state index contributed by atoms with van der Waals surface area (Å²) in [6, 6.07) is 5.07. The molecule has 1 aliphatic rings. The smallest absolute Gasteiger partial charge is 0.207 e. The first-order valence-corrected chi connectivity index (χ1v) is 8.06. The molecule has 0 bridgehead atoms. The van der Waals surface area contributed by atoms with E-state index in [-0.39, 0.29) is 11.4 Å². The molecule has 0 radical (unpaired) electrons. The van der Waals surface area contributed by atoms with Crippen LogP contribution in [0.1, 0.15) is 19.3 Å². The summed E-state index contributed by atoms with van der Waals surface area (Å²) in [6.07, 6.45) is 2.00. The van der Waals surface area contributed by atoms with E-state index in [1.165, 1.54) is 12.1 Å². The Bertz CT molecular complexity index is 627. The SMILES string of the molecule is N#CC1CCCCN1S(=O)(=O)c1ccc(Br)cc1F. The van der Waals surface area contributed by atoms with Gasteiger partial charge in [0.15, 0.2) is 0 Å². The number of halogens is 2. The highest BCUT2D eigenvalue weighted by molar-refractivity contribution is 9.10. The van der Waals surface area contributed by atoms with Gasteiger partial charge < -0.3 is 0 Å². The van der Waals surface area contributed by atoms with Gasteiger partial charge in [-0.15, -0.1) is 0 Å². The Morgan fingerprint density at radius 1 is 1.42 bits per heavy atom. The Balaban J connectivity index is 2.44. The van der Waals surface area contributed by atoms with Gasteiger partial charge in [0.05, 0.1) is 6.07 Å². The highest BCUT2D eigenvalue weighted by Gasteiger charge is 2.35. The maximum absolute atomic E-state index is 13.8. The minimum absolute atomic E-state index is 0.260. The van der Waals surface area contributed by atoms with E-state index in [1.54, 1.807) is 0 Å². The van der Waals surface area contributed by atoms with Crippen LogP contribution in [0, 0.1) is 17.1 Å². The number of hydrogen-bond acceptors (Lipinski definition) is 3. The van der Waals surface area contributed by atoms with E-state index >= 15 is 0 Å². The van der Waals surface area contributed by atoms with Crippen molar-refractivity contribution < 1.29 is 12.8 Å². The topological polar surface area (TPSA) is 61.2 Å². The van der Waals surface area contributed by atoms with Crippen molar-refractivity contribution in [3.63, 3.8) is 0 Å². The molecule has 0 aromatic heterocycles. The monoisotopic (exact) mass is 346 g/mol. The van der Waals surface area contributed by atoms with Crippen molar-refractivity contribution in [2.45, 2.75) is 30.2 Å². The van der Waals surface area contributed by atoms with E-state index in [9.17, 15) is 12.8 Å². The molecule has 7 heteroatoms. The van der Waals surface area contributed by atoms with Crippen LogP contribution in [0.15, 0.2) is 27.6 Å². The molecule has 4 nitrogen and oxygen atoms in total. The molecule has 1 aliphatic heterocycles. The third-order valence-corrected chi connectivity index (χ3v) is 5.52. The van der Waals surface area contributed by atoms with Gasteiger partial charge in [-0.1, -0.05) is 15.9 Å². The predicted molar refractivity (Wildman–Crippen MR) is 71.2 cm³/mol. The number of benzene rings is 1. The summed E-state index contributed by atoms with van der Waals surface area (Å²) in [7, 11) is -3.96. The van der Waals surface area contributed by atoms with Crippen LogP contribution in [0.3, 0.4) is 0 Å². The van der Waals surface area contributed by atoms with Gasteiger partial charge in [0, 0.05) is 11.0 Å². The van der Waals surface area contributed by atoms with Crippen molar-refractivity contribution in [2.75, 3.05) is 6.54 Å². The first-order chi connectivity index (χ1) is 8.96. The Kier molecular flexibility index (Phi) is 4.23. The molecule has 0 saturated carbocycles. The zero-order chi connectivity index (χ0) is 14.0. The van der Waals surface area contributed by atoms with E-state index < -0.39 is 21.9 Å². The Morgan fingerprint density at radius 2 is 2.16 bits per heavy atom. The van der Waals surface area contributed by atoms with Gasteiger partial charge in [0.2, 0.25) is 10.0 Å². The molecule has 0 spiro atoms. The highest BCUT2D eigenvalue weighted by atomic mass is 79.9. The van der Waals surface area contributed by atoms with E-state index in [1.807, 2.05) is 6.07 Å². The quantitative estimate of drug-likeness (QED) is 0.826. The number of nitrogens with zero attached hydrogens (tertiary/aromatic N) is 2. The summed E-state index contributed by atoms with van der Waals surface area (Å²) in [5, 5.41) is 9.03. The van der Waals surface area contributed by atoms with Crippen LogP contribution in [-0.2, 0) is 10.0 Å². The summed E-state index contributed by atoms with van der Waals surface area (Å²) in [4.78, 5) is -0.377. The lowest BCUT2D eigenvalue weighted by atomic mass is 10.1. The van der Waals surface area contributed by atoms with E-state index in [2.05, 4.69) is 15.9 Å². The van der Waals surface area contributed by atoms with Crippen LogP contribution in [0.4, 0.5) is 4.39 Å². The Labute approximate surface area is 120 Å². The van der Waals surface area contributed by atoms with Gasteiger partial charge >= 0.3 is 0 Å². The molecule has 0 aliphatic carbocycles. The standard InChI is InChI=1S/C12H12BrFN2O2S/c13-9-4-5-12(11(14)7-9)19(17,18)16-6-2-1-3-10(16)8-15/h4-5,7,10H,1-3,6H2. The van der Waals surface area contributed by atoms with Crippen molar-refractivity contribution in [1.82, 2.24) is 4.31 Å². The molecular weight excluding hydrogens is 335 g/mol. The van der Waals surface area contributed by atoms with E-state index in [0.29, 0.717) is 17.3 Å². The lowest BCUT2D eigenvalue weighted by Gasteiger charge is -2.30. The largest absolute Gasteiger partial charge is 0.247 e. The zero-order valence-corrected chi connectivity index (χ0v) is 12.4. The molecule has 1 aromatic carbocycles. The molecule has 0 amide bonds. The average molecular weight is 347 g/mol. The second-order valence-corrected chi connectivity index (χ2v) is 7.11. The molecule has 2 rings (SSSR count). The molecule has 1 atom stereocenters. The first-order valence-electron chi connectivity index (χ1n) is 5.83. The van der Waals surface area contributed by atoms with Crippen LogP contribution in [0.2, 0.25) is 0 Å². The third kappa shape index (κ3) is 2.81. The van der Waals surface area contributed by atoms with Crippen molar-refractivity contribution in [3.8, 4) is 6.07 Å². The molecule has 0 N–H and O–H groups in total. The fourth-order valence-corrected chi connectivity index (χ4v) is 4.12. The molecule has 102 valence electrons. The molecular formula is C12H12BrFN2O2S. The predicted octanol–water partition coefficient (Wildman–Crippen LogP) is 2.65. The van der Waals surface area contributed by atoms with Crippen molar-refractivity contribution in [3.05, 3.63) is 28.5 Å². The lowest BCUT2D eigenvalue weighted by molar-refractivity contribution is 0.296. The number of nitriles is 1. The fraction of sp³-hybridized carbons (Fsp3) is 0.417.